The molecule has 0 saturated heterocycles. The summed E-state index contributed by atoms with van der Waals surface area (Å²) in [6.45, 7) is 0. The Morgan fingerprint density at radius 2 is 0.733 bits per heavy atom. The zero-order valence-electron chi connectivity index (χ0n) is 12.5. The van der Waals surface area contributed by atoms with E-state index in [2.05, 4.69) is 0 Å². The SMILES string of the molecule is O=S(=O)(NC(F)(F)C(F)(F)C(F)(F)C(F)(F)C(F)(F)C(F)(F)F)C(F)(F)C(F)(F)F. The molecule has 0 saturated carbocycles. The summed E-state index contributed by atoms with van der Waals surface area (Å²) in [7, 11) is -8.25. The lowest BCUT2D eigenvalue weighted by Gasteiger charge is -2.39. The van der Waals surface area contributed by atoms with Crippen molar-refractivity contribution in [1.29, 1.82) is 0 Å². The number of sulfonamides is 1. The summed E-state index contributed by atoms with van der Waals surface area (Å²) < 4.78 is 244. The molecule has 22 heteroatoms. The quantitative estimate of drug-likeness (QED) is 0.392. The third kappa shape index (κ3) is 3.83. The Morgan fingerprint density at radius 1 is 0.433 bits per heavy atom. The first kappa shape index (κ1) is 28.6. The molecule has 0 bridgehead atoms. The molecule has 0 aliphatic carbocycles. The molecule has 0 aliphatic heterocycles. The van der Waals surface area contributed by atoms with Gasteiger partial charge in [-0.3, -0.25) is 0 Å². The standard InChI is InChI=1S/C8HF18NO2S/c9-1(10,3(13,14)5(17,18)19)2(11,12)4(15,16)7(23,24)27-30(28,29)8(25,26)6(20,21)22/h27H. The summed E-state index contributed by atoms with van der Waals surface area (Å²) in [5, 5.41) is -7.48. The fourth-order valence-electron chi connectivity index (χ4n) is 1.22. The summed E-state index contributed by atoms with van der Waals surface area (Å²) in [4.78, 5) is 0. The Balaban J connectivity index is 6.54. The zero-order valence-corrected chi connectivity index (χ0v) is 13.3. The van der Waals surface area contributed by atoms with E-state index in [9.17, 15) is 87.4 Å². The van der Waals surface area contributed by atoms with Gasteiger partial charge in [-0.1, -0.05) is 0 Å². The first-order valence-corrected chi connectivity index (χ1v) is 7.38. The van der Waals surface area contributed by atoms with E-state index >= 15 is 0 Å². The fraction of sp³-hybridized carbons (Fsp3) is 1.00. The Labute approximate surface area is 151 Å². The number of halogens is 18. The topological polar surface area (TPSA) is 46.2 Å². The first-order chi connectivity index (χ1) is 12.5. The summed E-state index contributed by atoms with van der Waals surface area (Å²) in [5.74, 6) is -33.8. The van der Waals surface area contributed by atoms with Crippen molar-refractivity contribution >= 4 is 10.0 Å². The van der Waals surface area contributed by atoms with Gasteiger partial charge < -0.3 is 0 Å². The minimum atomic E-state index is -8.60. The summed E-state index contributed by atoms with van der Waals surface area (Å²) >= 11 is 0. The molecule has 0 atom stereocenters. The van der Waals surface area contributed by atoms with Crippen molar-refractivity contribution in [3.63, 3.8) is 0 Å². The maximum atomic E-state index is 13.1. The van der Waals surface area contributed by atoms with Crippen LogP contribution in [0.2, 0.25) is 0 Å². The van der Waals surface area contributed by atoms with Gasteiger partial charge in [-0.25, -0.2) is 8.42 Å². The summed E-state index contributed by atoms with van der Waals surface area (Å²) in [6.07, 6.45) is -15.2. The smallest absolute Gasteiger partial charge is 0.205 e. The van der Waals surface area contributed by atoms with Crippen LogP contribution in [0.3, 0.4) is 0 Å². The van der Waals surface area contributed by atoms with Gasteiger partial charge in [-0.2, -0.15) is 79.0 Å². The van der Waals surface area contributed by atoms with Gasteiger partial charge in [-0.05, 0) is 0 Å². The van der Waals surface area contributed by atoms with Gasteiger partial charge >= 0.3 is 47.3 Å². The second kappa shape index (κ2) is 6.82. The molecular formula is C8HF18NO2S. The Kier molecular flexibility index (Phi) is 6.52. The minimum absolute atomic E-state index is 1.73. The highest BCUT2D eigenvalue weighted by Crippen LogP contribution is 2.60. The van der Waals surface area contributed by atoms with Crippen LogP contribution in [0.1, 0.15) is 0 Å². The van der Waals surface area contributed by atoms with Crippen molar-refractivity contribution in [1.82, 2.24) is 4.72 Å². The lowest BCUT2D eigenvalue weighted by Crippen LogP contribution is -2.73. The van der Waals surface area contributed by atoms with E-state index in [0.29, 0.717) is 0 Å². The molecule has 0 aliphatic rings. The third-order valence-electron chi connectivity index (χ3n) is 2.86. The molecule has 0 spiro atoms. The molecule has 1 N–H and O–H groups in total. The van der Waals surface area contributed by atoms with Gasteiger partial charge in [-0.15, -0.1) is 4.72 Å². The number of alkyl halides is 18. The maximum Gasteiger partial charge on any atom is 0.470 e. The van der Waals surface area contributed by atoms with Gasteiger partial charge in [0, 0.05) is 0 Å². The molecule has 0 aromatic rings. The number of nitrogens with one attached hydrogen (secondary N) is 1. The highest BCUT2D eigenvalue weighted by molar-refractivity contribution is 7.90. The predicted molar refractivity (Wildman–Crippen MR) is 53.8 cm³/mol. The van der Waals surface area contributed by atoms with Gasteiger partial charge in [0.25, 0.3) is 10.0 Å². The van der Waals surface area contributed by atoms with Crippen LogP contribution in [0, 0.1) is 0 Å². The van der Waals surface area contributed by atoms with E-state index in [1.54, 1.807) is 0 Å². The Bertz CT molecular complexity index is 745. The summed E-state index contributed by atoms with van der Waals surface area (Å²) in [5.41, 5.74) is 0. The molecule has 0 amide bonds. The monoisotopic (exact) mass is 517 g/mol. The molecule has 182 valence electrons. The van der Waals surface area contributed by atoms with Gasteiger partial charge in [0.2, 0.25) is 0 Å². The lowest BCUT2D eigenvalue weighted by atomic mass is 9.97. The van der Waals surface area contributed by atoms with Crippen molar-refractivity contribution in [3.05, 3.63) is 0 Å². The van der Waals surface area contributed by atoms with Crippen molar-refractivity contribution in [2.45, 2.75) is 47.3 Å². The largest absolute Gasteiger partial charge is 0.470 e. The molecule has 0 unspecified atom stereocenters. The second-order valence-electron chi connectivity index (χ2n) is 4.99. The van der Waals surface area contributed by atoms with Crippen LogP contribution < -0.4 is 4.72 Å². The molecule has 3 nitrogen and oxygen atoms in total. The lowest BCUT2D eigenvalue weighted by molar-refractivity contribution is -0.440. The molecule has 0 radical (unpaired) electrons. The van der Waals surface area contributed by atoms with E-state index in [1.165, 1.54) is 0 Å². The van der Waals surface area contributed by atoms with Gasteiger partial charge in [0.15, 0.2) is 0 Å². The molecule has 0 aromatic carbocycles. The average Bonchev–Trinajstić information content (AvgIpc) is 2.42. The Morgan fingerprint density at radius 3 is 1.00 bits per heavy atom. The van der Waals surface area contributed by atoms with Crippen LogP contribution >= 0.6 is 0 Å². The van der Waals surface area contributed by atoms with Crippen LogP contribution in [0.25, 0.3) is 0 Å². The minimum Gasteiger partial charge on any atom is -0.205 e. The number of rotatable bonds is 7. The van der Waals surface area contributed by atoms with Crippen molar-refractivity contribution in [3.8, 4) is 0 Å². The van der Waals surface area contributed by atoms with E-state index in [0.717, 1.165) is 0 Å². The second-order valence-corrected chi connectivity index (χ2v) is 6.71. The van der Waals surface area contributed by atoms with Crippen LogP contribution in [0.15, 0.2) is 0 Å². The van der Waals surface area contributed by atoms with Crippen LogP contribution in [-0.2, 0) is 10.0 Å². The van der Waals surface area contributed by atoms with E-state index < -0.39 is 62.1 Å². The van der Waals surface area contributed by atoms with Crippen LogP contribution in [0.5, 0.6) is 0 Å². The van der Waals surface area contributed by atoms with E-state index in [-0.39, 0.29) is 0 Å². The van der Waals surface area contributed by atoms with Crippen molar-refractivity contribution in [2.24, 2.45) is 0 Å². The zero-order chi connectivity index (χ0) is 25.2. The molecule has 30 heavy (non-hydrogen) atoms. The number of hydrogen-bond acceptors (Lipinski definition) is 2. The van der Waals surface area contributed by atoms with Crippen molar-refractivity contribution in [2.75, 3.05) is 0 Å². The van der Waals surface area contributed by atoms with Gasteiger partial charge in [0.05, 0.1) is 0 Å². The maximum absolute atomic E-state index is 13.1. The van der Waals surface area contributed by atoms with E-state index in [4.69, 9.17) is 0 Å². The fourth-order valence-corrected chi connectivity index (χ4v) is 2.12. The van der Waals surface area contributed by atoms with Crippen molar-refractivity contribution < 1.29 is 87.4 Å². The molecular weight excluding hydrogens is 516 g/mol. The predicted octanol–water partition coefficient (Wildman–Crippen LogP) is 4.76. The molecule has 0 heterocycles. The van der Waals surface area contributed by atoms with Crippen LogP contribution in [0.4, 0.5) is 79.0 Å². The first-order valence-electron chi connectivity index (χ1n) is 5.89. The molecule has 0 aromatic heterocycles. The number of hydrogen-bond donors (Lipinski definition) is 1. The highest BCUT2D eigenvalue weighted by atomic mass is 32.2. The third-order valence-corrected chi connectivity index (χ3v) is 4.30. The molecule has 0 rings (SSSR count). The Hall–Kier alpha value is -1.35. The molecule has 0 fully saturated rings. The van der Waals surface area contributed by atoms with Gasteiger partial charge in [0.1, 0.15) is 0 Å². The van der Waals surface area contributed by atoms with Crippen LogP contribution in [-0.4, -0.2) is 55.8 Å². The van der Waals surface area contributed by atoms with E-state index in [1.807, 2.05) is 0 Å². The summed E-state index contributed by atoms with van der Waals surface area (Å²) in [6, 6.07) is -7.89. The average molecular weight is 517 g/mol. The highest BCUT2D eigenvalue weighted by Gasteiger charge is 2.91. The normalized spacial score (nSPS) is 16.7.